The van der Waals surface area contributed by atoms with E-state index in [9.17, 15) is 19.2 Å². The molecular weight excluding hydrogens is 356 g/mol. The van der Waals surface area contributed by atoms with Crippen molar-refractivity contribution in [3.8, 4) is 0 Å². The van der Waals surface area contributed by atoms with Gasteiger partial charge in [-0.25, -0.2) is 9.69 Å². The molecule has 0 saturated carbocycles. The van der Waals surface area contributed by atoms with Crippen LogP contribution in [0.4, 0.5) is 4.79 Å². The number of carbonyl (C=O) groups excluding carboxylic acids is 4. The third-order valence-corrected chi connectivity index (χ3v) is 3.23. The van der Waals surface area contributed by atoms with E-state index in [1.807, 2.05) is 0 Å². The number of nitrogens with zero attached hydrogens (tertiary/aromatic N) is 1. The number of carbonyl (C=O) groups is 4. The van der Waals surface area contributed by atoms with Crippen LogP contribution < -0.4 is 5.32 Å². The Bertz CT molecular complexity index is 518. The normalized spacial score (nSPS) is 17.4. The van der Waals surface area contributed by atoms with Crippen LogP contribution in [0.1, 0.15) is 27.2 Å². The Kier molecular flexibility index (Phi) is 8.11. The maximum Gasteiger partial charge on any atom is 0.417 e. The Morgan fingerprint density at radius 3 is 2.44 bits per heavy atom. The van der Waals surface area contributed by atoms with Crippen molar-refractivity contribution in [2.75, 3.05) is 32.3 Å². The van der Waals surface area contributed by atoms with Crippen molar-refractivity contribution in [1.29, 1.82) is 0 Å². The second-order valence-corrected chi connectivity index (χ2v) is 6.59. The summed E-state index contributed by atoms with van der Waals surface area (Å²) in [6, 6.07) is -0.342. The van der Waals surface area contributed by atoms with E-state index >= 15 is 0 Å². The maximum atomic E-state index is 12.0. The Hall–Kier alpha value is -1.87. The molecule has 142 valence electrons. The highest BCUT2D eigenvalue weighted by Crippen LogP contribution is 2.19. The lowest BCUT2D eigenvalue weighted by atomic mass is 10.1. The average molecular weight is 379 g/mol. The van der Waals surface area contributed by atoms with Gasteiger partial charge in [-0.3, -0.25) is 19.7 Å². The third-order valence-electron chi connectivity index (χ3n) is 3.12. The molecule has 1 saturated heterocycles. The van der Waals surface area contributed by atoms with Crippen molar-refractivity contribution in [2.24, 2.45) is 5.92 Å². The smallest absolute Gasteiger partial charge is 0.417 e. The molecule has 1 aliphatic rings. The van der Waals surface area contributed by atoms with Crippen LogP contribution in [0.15, 0.2) is 0 Å². The lowest BCUT2D eigenvalue weighted by molar-refractivity contribution is -0.153. The number of hydrogen-bond donors (Lipinski definition) is 1. The fraction of sp³-hybridized carbons (Fsp3) is 0.733. The van der Waals surface area contributed by atoms with E-state index in [0.717, 1.165) is 4.90 Å². The molecule has 0 bridgehead atoms. The van der Waals surface area contributed by atoms with E-state index in [1.54, 1.807) is 20.8 Å². The fourth-order valence-electron chi connectivity index (χ4n) is 2.09. The van der Waals surface area contributed by atoms with Crippen LogP contribution >= 0.6 is 11.6 Å². The van der Waals surface area contributed by atoms with Gasteiger partial charge in [0.25, 0.3) is 0 Å². The highest BCUT2D eigenvalue weighted by atomic mass is 35.5. The summed E-state index contributed by atoms with van der Waals surface area (Å²) in [5.41, 5.74) is -0.599. The zero-order valence-corrected chi connectivity index (χ0v) is 15.3. The molecule has 25 heavy (non-hydrogen) atoms. The van der Waals surface area contributed by atoms with E-state index in [4.69, 9.17) is 21.1 Å². The van der Waals surface area contributed by atoms with Crippen LogP contribution in [0.2, 0.25) is 0 Å². The molecule has 0 aliphatic carbocycles. The highest BCUT2D eigenvalue weighted by Gasteiger charge is 2.37. The first-order valence-corrected chi connectivity index (χ1v) is 8.29. The van der Waals surface area contributed by atoms with E-state index in [2.05, 4.69) is 10.1 Å². The van der Waals surface area contributed by atoms with E-state index in [0.29, 0.717) is 6.42 Å². The number of hydrogen-bond acceptors (Lipinski definition) is 8. The van der Waals surface area contributed by atoms with Crippen LogP contribution in [-0.4, -0.2) is 66.7 Å². The van der Waals surface area contributed by atoms with Crippen LogP contribution in [0.3, 0.4) is 0 Å². The summed E-state index contributed by atoms with van der Waals surface area (Å²) in [7, 11) is 0. The number of amides is 2. The van der Waals surface area contributed by atoms with Crippen molar-refractivity contribution >= 4 is 35.5 Å². The van der Waals surface area contributed by atoms with Gasteiger partial charge in [-0.2, -0.15) is 0 Å². The molecule has 10 heteroatoms. The molecule has 1 heterocycles. The van der Waals surface area contributed by atoms with Crippen molar-refractivity contribution < 1.29 is 33.4 Å². The van der Waals surface area contributed by atoms with Crippen LogP contribution in [0, 0.1) is 5.92 Å². The van der Waals surface area contributed by atoms with Gasteiger partial charge in [0.15, 0.2) is 6.07 Å². The molecule has 2 amide bonds. The first kappa shape index (κ1) is 21.2. The monoisotopic (exact) mass is 378 g/mol. The van der Waals surface area contributed by atoms with Gasteiger partial charge in [-0.1, -0.05) is 11.6 Å². The van der Waals surface area contributed by atoms with Crippen LogP contribution in [0.25, 0.3) is 0 Å². The summed E-state index contributed by atoms with van der Waals surface area (Å²) < 4.78 is 14.6. The Morgan fingerprint density at radius 1 is 1.20 bits per heavy atom. The average Bonchev–Trinajstić information content (AvgIpc) is 2.84. The Labute approximate surface area is 150 Å². The van der Waals surface area contributed by atoms with Crippen molar-refractivity contribution in [3.05, 3.63) is 0 Å². The SMILES string of the molecule is CC(C)(C)OC(=O)CNCC(=O)OC[C@@H]1CCN(C(=O)OCCl)C1=O. The van der Waals surface area contributed by atoms with Gasteiger partial charge in [0.1, 0.15) is 12.2 Å². The van der Waals surface area contributed by atoms with Gasteiger partial charge < -0.3 is 14.2 Å². The highest BCUT2D eigenvalue weighted by molar-refractivity contribution is 6.17. The molecule has 0 aromatic carbocycles. The van der Waals surface area contributed by atoms with E-state index in [1.165, 1.54) is 0 Å². The summed E-state index contributed by atoms with van der Waals surface area (Å²) >= 11 is 5.28. The molecule has 0 aromatic rings. The molecule has 1 aliphatic heterocycles. The van der Waals surface area contributed by atoms with Crippen LogP contribution in [-0.2, 0) is 28.6 Å². The number of nitrogens with one attached hydrogen (secondary N) is 1. The summed E-state index contributed by atoms with van der Waals surface area (Å²) in [4.78, 5) is 47.5. The number of imide groups is 1. The van der Waals surface area contributed by atoms with E-state index in [-0.39, 0.29) is 32.3 Å². The summed E-state index contributed by atoms with van der Waals surface area (Å²) in [5.74, 6) is -2.17. The molecule has 0 unspecified atom stereocenters. The Balaban J connectivity index is 2.25. The number of likely N-dealkylation sites (tertiary alicyclic amines) is 1. The van der Waals surface area contributed by atoms with Gasteiger partial charge in [-0.15, -0.1) is 0 Å². The molecule has 1 N–H and O–H groups in total. The molecule has 1 atom stereocenters. The third kappa shape index (κ3) is 7.70. The zero-order valence-electron chi connectivity index (χ0n) is 14.5. The zero-order chi connectivity index (χ0) is 19.0. The summed E-state index contributed by atoms with van der Waals surface area (Å²) in [5, 5.41) is 2.60. The predicted octanol–water partition coefficient (Wildman–Crippen LogP) is 0.642. The lowest BCUT2D eigenvalue weighted by Crippen LogP contribution is -2.36. The minimum absolute atomic E-state index is 0.132. The van der Waals surface area contributed by atoms with E-state index < -0.39 is 35.5 Å². The van der Waals surface area contributed by atoms with Gasteiger partial charge in [0.2, 0.25) is 5.91 Å². The molecule has 1 fully saturated rings. The van der Waals surface area contributed by atoms with Crippen molar-refractivity contribution in [1.82, 2.24) is 10.2 Å². The van der Waals surface area contributed by atoms with Crippen molar-refractivity contribution in [3.63, 3.8) is 0 Å². The lowest BCUT2D eigenvalue weighted by Gasteiger charge is -2.19. The number of halogens is 1. The number of alkyl halides is 1. The topological polar surface area (TPSA) is 111 Å². The summed E-state index contributed by atoms with van der Waals surface area (Å²) in [6.07, 6.45) is -0.442. The van der Waals surface area contributed by atoms with Gasteiger partial charge in [0.05, 0.1) is 19.0 Å². The molecule has 9 nitrogen and oxygen atoms in total. The molecule has 0 spiro atoms. The number of rotatable bonds is 7. The van der Waals surface area contributed by atoms with Gasteiger partial charge in [0, 0.05) is 6.54 Å². The first-order chi connectivity index (χ1) is 11.6. The predicted molar refractivity (Wildman–Crippen MR) is 86.7 cm³/mol. The molecule has 0 radical (unpaired) electrons. The minimum atomic E-state index is -0.812. The van der Waals surface area contributed by atoms with Crippen molar-refractivity contribution in [2.45, 2.75) is 32.8 Å². The molecule has 1 rings (SSSR count). The number of ether oxygens (including phenoxy) is 3. The van der Waals surface area contributed by atoms with Gasteiger partial charge in [-0.05, 0) is 27.2 Å². The standard InChI is InChI=1S/C15H23ClN2O7/c1-15(2,3)25-12(20)7-17-6-11(19)23-8-10-4-5-18(13(10)21)14(22)24-9-16/h10,17H,4-9H2,1-3H3/t10-/m0/s1. The van der Waals surface area contributed by atoms with Gasteiger partial charge >= 0.3 is 18.0 Å². The quantitative estimate of drug-likeness (QED) is 0.390. The first-order valence-electron chi connectivity index (χ1n) is 7.76. The molecular formula is C15H23ClN2O7. The number of esters is 2. The second kappa shape index (κ2) is 9.57. The largest absolute Gasteiger partial charge is 0.464 e. The fourth-order valence-corrected chi connectivity index (χ4v) is 2.18. The second-order valence-electron chi connectivity index (χ2n) is 6.37. The minimum Gasteiger partial charge on any atom is -0.464 e. The Morgan fingerprint density at radius 2 is 1.84 bits per heavy atom. The summed E-state index contributed by atoms with van der Waals surface area (Å²) in [6.45, 7) is 4.94. The maximum absolute atomic E-state index is 12.0. The molecule has 0 aromatic heterocycles. The van der Waals surface area contributed by atoms with Crippen LogP contribution in [0.5, 0.6) is 0 Å².